The fraction of sp³-hybridized carbons (Fsp3) is 0.158. The molecule has 3 aromatic rings. The Morgan fingerprint density at radius 1 is 1.12 bits per heavy atom. The number of anilines is 1. The van der Waals surface area contributed by atoms with Gasteiger partial charge in [0.05, 0.1) is 0 Å². The highest BCUT2D eigenvalue weighted by Crippen LogP contribution is 2.33. The van der Waals surface area contributed by atoms with Gasteiger partial charge in [-0.1, -0.05) is 24.3 Å². The molecule has 0 saturated heterocycles. The third-order valence-electron chi connectivity index (χ3n) is 3.78. The van der Waals surface area contributed by atoms with Crippen LogP contribution in [0, 0.1) is 12.7 Å². The summed E-state index contributed by atoms with van der Waals surface area (Å²) < 4.78 is 19.9. The number of thiophene rings is 1. The number of fused-ring (bicyclic) bond motifs is 1. The zero-order chi connectivity index (χ0) is 18.0. The van der Waals surface area contributed by atoms with Crippen LogP contribution in [0.1, 0.15) is 22.2 Å². The molecule has 128 valence electrons. The van der Waals surface area contributed by atoms with Crippen molar-refractivity contribution in [3.63, 3.8) is 0 Å². The van der Waals surface area contributed by atoms with E-state index >= 15 is 0 Å². The zero-order valence-corrected chi connectivity index (χ0v) is 14.5. The largest absolute Gasteiger partial charge is 0.448 e. The first kappa shape index (κ1) is 17.1. The maximum atomic E-state index is 13.9. The van der Waals surface area contributed by atoms with Crippen molar-refractivity contribution in [3.05, 3.63) is 64.8 Å². The van der Waals surface area contributed by atoms with Crippen LogP contribution in [-0.2, 0) is 9.53 Å². The highest BCUT2D eigenvalue weighted by Gasteiger charge is 2.23. The van der Waals surface area contributed by atoms with E-state index in [2.05, 4.69) is 5.32 Å². The summed E-state index contributed by atoms with van der Waals surface area (Å²) in [5, 5.41) is 3.09. The molecular weight excluding hydrogens is 341 g/mol. The summed E-state index contributed by atoms with van der Waals surface area (Å²) in [4.78, 5) is 24.9. The second kappa shape index (κ2) is 7.03. The molecule has 1 amide bonds. The van der Waals surface area contributed by atoms with Crippen molar-refractivity contribution in [2.24, 2.45) is 0 Å². The van der Waals surface area contributed by atoms with Gasteiger partial charge < -0.3 is 10.1 Å². The third-order valence-corrected chi connectivity index (χ3v) is 5.02. The summed E-state index contributed by atoms with van der Waals surface area (Å²) in [6, 6.07) is 13.6. The molecule has 25 heavy (non-hydrogen) atoms. The molecule has 0 fully saturated rings. The van der Waals surface area contributed by atoms with E-state index in [1.54, 1.807) is 43.3 Å². The van der Waals surface area contributed by atoms with Gasteiger partial charge in [0.15, 0.2) is 6.10 Å². The number of hydrogen-bond acceptors (Lipinski definition) is 4. The average molecular weight is 357 g/mol. The maximum Gasteiger partial charge on any atom is 0.349 e. The first-order valence-electron chi connectivity index (χ1n) is 7.72. The molecule has 1 N–H and O–H groups in total. The molecule has 0 unspecified atom stereocenters. The first-order chi connectivity index (χ1) is 12.0. The number of carbonyl (C=O) groups is 2. The van der Waals surface area contributed by atoms with Crippen molar-refractivity contribution < 1.29 is 18.7 Å². The normalized spacial score (nSPS) is 12.0. The number of rotatable bonds is 4. The number of hydrogen-bond donors (Lipinski definition) is 1. The second-order valence-electron chi connectivity index (χ2n) is 5.57. The van der Waals surface area contributed by atoms with Gasteiger partial charge in [-0.3, -0.25) is 4.79 Å². The van der Waals surface area contributed by atoms with E-state index in [9.17, 15) is 14.0 Å². The first-order valence-corrected chi connectivity index (χ1v) is 8.53. The molecule has 1 atom stereocenters. The standard InChI is InChI=1S/C19H16FNO3S/c1-11-16-14(20)9-6-10-15(16)25-17(11)19(23)24-12(2)18(22)21-13-7-4-3-5-8-13/h3-10,12H,1-2H3,(H,21,22)/t12-/m1/s1. The number of benzene rings is 2. The van der Waals surface area contributed by atoms with E-state index < -0.39 is 18.0 Å². The van der Waals surface area contributed by atoms with Crippen molar-refractivity contribution >= 4 is 39.0 Å². The van der Waals surface area contributed by atoms with Gasteiger partial charge in [0.25, 0.3) is 5.91 Å². The zero-order valence-electron chi connectivity index (χ0n) is 13.7. The molecule has 0 aliphatic heterocycles. The minimum atomic E-state index is -0.970. The Morgan fingerprint density at radius 2 is 1.84 bits per heavy atom. The molecule has 0 bridgehead atoms. The summed E-state index contributed by atoms with van der Waals surface area (Å²) in [6.07, 6.45) is -0.970. The second-order valence-corrected chi connectivity index (χ2v) is 6.62. The Bertz CT molecular complexity index is 936. The van der Waals surface area contributed by atoms with Crippen LogP contribution < -0.4 is 5.32 Å². The van der Waals surface area contributed by atoms with E-state index in [1.807, 2.05) is 6.07 Å². The number of aryl methyl sites for hydroxylation is 1. The Labute approximate surface area is 148 Å². The van der Waals surface area contributed by atoms with Crippen LogP contribution in [0.4, 0.5) is 10.1 Å². The number of amides is 1. The van der Waals surface area contributed by atoms with Crippen molar-refractivity contribution in [1.29, 1.82) is 0 Å². The van der Waals surface area contributed by atoms with Gasteiger partial charge >= 0.3 is 5.97 Å². The average Bonchev–Trinajstić information content (AvgIpc) is 2.94. The Hall–Kier alpha value is -2.73. The summed E-state index contributed by atoms with van der Waals surface area (Å²) >= 11 is 1.16. The monoisotopic (exact) mass is 357 g/mol. The number of halogens is 1. The van der Waals surface area contributed by atoms with Crippen molar-refractivity contribution in [2.75, 3.05) is 5.32 Å². The molecule has 6 heteroatoms. The van der Waals surface area contributed by atoms with Crippen molar-refractivity contribution in [3.8, 4) is 0 Å². The molecular formula is C19H16FNO3S. The summed E-state index contributed by atoms with van der Waals surface area (Å²) in [5.74, 6) is -1.43. The number of para-hydroxylation sites is 1. The lowest BCUT2D eigenvalue weighted by atomic mass is 10.1. The van der Waals surface area contributed by atoms with Crippen LogP contribution in [-0.4, -0.2) is 18.0 Å². The molecule has 0 aliphatic rings. The molecule has 2 aromatic carbocycles. The SMILES string of the molecule is Cc1c(C(=O)O[C@H](C)C(=O)Nc2ccccc2)sc2cccc(F)c12. The topological polar surface area (TPSA) is 55.4 Å². The Balaban J connectivity index is 1.75. The minimum absolute atomic E-state index is 0.305. The molecule has 0 radical (unpaired) electrons. The van der Waals surface area contributed by atoms with E-state index in [4.69, 9.17) is 4.74 Å². The van der Waals surface area contributed by atoms with Gasteiger partial charge in [-0.25, -0.2) is 9.18 Å². The molecule has 0 aliphatic carbocycles. The molecule has 4 nitrogen and oxygen atoms in total. The molecule has 3 rings (SSSR count). The highest BCUT2D eigenvalue weighted by molar-refractivity contribution is 7.21. The Morgan fingerprint density at radius 3 is 2.52 bits per heavy atom. The lowest BCUT2D eigenvalue weighted by Gasteiger charge is -2.13. The number of esters is 1. The minimum Gasteiger partial charge on any atom is -0.448 e. The predicted octanol–water partition coefficient (Wildman–Crippen LogP) is 4.53. The van der Waals surface area contributed by atoms with Crippen LogP contribution in [0.15, 0.2) is 48.5 Å². The molecule has 0 saturated carbocycles. The summed E-state index contributed by atoms with van der Waals surface area (Å²) in [5.41, 5.74) is 1.15. The van der Waals surface area contributed by atoms with Gasteiger partial charge in [-0.05, 0) is 43.7 Å². The molecule has 0 spiro atoms. The van der Waals surface area contributed by atoms with Crippen LogP contribution in [0.2, 0.25) is 0 Å². The van der Waals surface area contributed by atoms with Gasteiger partial charge in [0, 0.05) is 15.8 Å². The van der Waals surface area contributed by atoms with Gasteiger partial charge in [0.1, 0.15) is 10.7 Å². The lowest BCUT2D eigenvalue weighted by Crippen LogP contribution is -2.29. The van der Waals surface area contributed by atoms with Crippen molar-refractivity contribution in [2.45, 2.75) is 20.0 Å². The quantitative estimate of drug-likeness (QED) is 0.698. The number of carbonyl (C=O) groups excluding carboxylic acids is 2. The fourth-order valence-electron chi connectivity index (χ4n) is 2.48. The van der Waals surface area contributed by atoms with Gasteiger partial charge in [-0.2, -0.15) is 0 Å². The van der Waals surface area contributed by atoms with Gasteiger partial charge in [0.2, 0.25) is 0 Å². The lowest BCUT2D eigenvalue weighted by molar-refractivity contribution is -0.123. The highest BCUT2D eigenvalue weighted by atomic mass is 32.1. The summed E-state index contributed by atoms with van der Waals surface area (Å²) in [6.45, 7) is 3.17. The van der Waals surface area contributed by atoms with Gasteiger partial charge in [-0.15, -0.1) is 11.3 Å². The Kier molecular flexibility index (Phi) is 4.81. The molecule has 1 aromatic heterocycles. The van der Waals surface area contributed by atoms with Crippen LogP contribution in [0.25, 0.3) is 10.1 Å². The van der Waals surface area contributed by atoms with E-state index in [0.29, 0.717) is 26.2 Å². The van der Waals surface area contributed by atoms with Crippen molar-refractivity contribution in [1.82, 2.24) is 0 Å². The summed E-state index contributed by atoms with van der Waals surface area (Å²) in [7, 11) is 0. The smallest absolute Gasteiger partial charge is 0.349 e. The predicted molar refractivity (Wildman–Crippen MR) is 96.5 cm³/mol. The van der Waals surface area contributed by atoms with Crippen LogP contribution in [0.3, 0.4) is 0 Å². The van der Waals surface area contributed by atoms with Crippen LogP contribution in [0.5, 0.6) is 0 Å². The number of ether oxygens (including phenoxy) is 1. The van der Waals surface area contributed by atoms with E-state index in [0.717, 1.165) is 11.3 Å². The van der Waals surface area contributed by atoms with E-state index in [-0.39, 0.29) is 5.82 Å². The van der Waals surface area contributed by atoms with E-state index in [1.165, 1.54) is 13.0 Å². The number of nitrogens with one attached hydrogen (secondary N) is 1. The fourth-order valence-corrected chi connectivity index (χ4v) is 3.59. The molecule has 1 heterocycles. The van der Waals surface area contributed by atoms with Crippen LogP contribution >= 0.6 is 11.3 Å². The third kappa shape index (κ3) is 3.53. The maximum absolute atomic E-state index is 13.9.